The minimum Gasteiger partial charge on any atom is -0.465 e. The van der Waals surface area contributed by atoms with E-state index in [-0.39, 0.29) is 16.9 Å². The van der Waals surface area contributed by atoms with Gasteiger partial charge in [-0.2, -0.15) is 5.10 Å². The van der Waals surface area contributed by atoms with Gasteiger partial charge in [0.05, 0.1) is 24.0 Å². The molecule has 0 unspecified atom stereocenters. The number of anilines is 1. The third-order valence-corrected chi connectivity index (χ3v) is 3.76. The molecular weight excluding hydrogens is 337 g/mol. The maximum atomic E-state index is 14.0. The average Bonchev–Trinajstić information content (AvgIpc) is 3.05. The summed E-state index contributed by atoms with van der Waals surface area (Å²) in [4.78, 5) is 24.0. The number of carbonyl (C=O) groups excluding carboxylic acids is 2. The lowest BCUT2D eigenvalue weighted by Gasteiger charge is -2.07. The molecule has 3 rings (SSSR count). The van der Waals surface area contributed by atoms with E-state index in [1.165, 1.54) is 19.2 Å². The number of ether oxygens (including phenoxy) is 1. The van der Waals surface area contributed by atoms with Gasteiger partial charge < -0.3 is 10.1 Å². The van der Waals surface area contributed by atoms with Gasteiger partial charge in [0.2, 0.25) is 0 Å². The highest BCUT2D eigenvalue weighted by molar-refractivity contribution is 6.03. The smallest absolute Gasteiger partial charge is 0.337 e. The van der Waals surface area contributed by atoms with Crippen molar-refractivity contribution in [1.29, 1.82) is 0 Å². The van der Waals surface area contributed by atoms with E-state index in [0.29, 0.717) is 0 Å². The Balaban J connectivity index is 1.86. The van der Waals surface area contributed by atoms with Crippen LogP contribution in [0.15, 0.2) is 54.6 Å². The Bertz CT molecular complexity index is 967. The Kier molecular flexibility index (Phi) is 4.79. The summed E-state index contributed by atoms with van der Waals surface area (Å²) in [6.45, 7) is 1.81. The Morgan fingerprint density at radius 2 is 1.85 bits per heavy atom. The normalized spacial score (nSPS) is 10.4. The van der Waals surface area contributed by atoms with E-state index in [9.17, 15) is 14.0 Å². The van der Waals surface area contributed by atoms with Crippen molar-refractivity contribution >= 4 is 17.6 Å². The highest BCUT2D eigenvalue weighted by atomic mass is 19.1. The van der Waals surface area contributed by atoms with Crippen LogP contribution >= 0.6 is 0 Å². The van der Waals surface area contributed by atoms with Crippen LogP contribution in [0.1, 0.15) is 26.5 Å². The van der Waals surface area contributed by atoms with Crippen molar-refractivity contribution in [2.45, 2.75) is 6.92 Å². The highest BCUT2D eigenvalue weighted by Crippen LogP contribution is 2.19. The van der Waals surface area contributed by atoms with Crippen molar-refractivity contribution in [3.8, 4) is 5.69 Å². The lowest BCUT2D eigenvalue weighted by atomic mass is 10.2. The first kappa shape index (κ1) is 17.3. The fourth-order valence-electron chi connectivity index (χ4n) is 2.47. The number of para-hydroxylation sites is 1. The van der Waals surface area contributed by atoms with Crippen LogP contribution in [0.5, 0.6) is 0 Å². The molecular formula is C19H16FN3O3. The third-order valence-electron chi connectivity index (χ3n) is 3.76. The molecule has 0 saturated heterocycles. The first-order valence-electron chi connectivity index (χ1n) is 7.81. The number of carbonyl (C=O) groups is 2. The largest absolute Gasteiger partial charge is 0.465 e. The van der Waals surface area contributed by atoms with Crippen molar-refractivity contribution in [2.75, 3.05) is 12.4 Å². The second kappa shape index (κ2) is 7.18. The number of methoxy groups -OCH3 is 1. The van der Waals surface area contributed by atoms with Crippen LogP contribution in [0, 0.1) is 12.7 Å². The number of nitrogens with zero attached hydrogens (tertiary/aromatic N) is 2. The number of hydrogen-bond acceptors (Lipinski definition) is 4. The number of aromatic nitrogens is 2. The van der Waals surface area contributed by atoms with Gasteiger partial charge in [-0.15, -0.1) is 0 Å². The minimum atomic E-state index is -0.662. The zero-order valence-corrected chi connectivity index (χ0v) is 14.2. The lowest BCUT2D eigenvalue weighted by Crippen LogP contribution is -2.15. The average molecular weight is 353 g/mol. The van der Waals surface area contributed by atoms with Crippen molar-refractivity contribution in [3.05, 3.63) is 77.4 Å². The number of benzene rings is 2. The van der Waals surface area contributed by atoms with Gasteiger partial charge in [-0.25, -0.2) is 13.9 Å². The number of hydrogen-bond donors (Lipinski definition) is 1. The van der Waals surface area contributed by atoms with Crippen molar-refractivity contribution in [3.63, 3.8) is 0 Å². The number of halogens is 1. The molecule has 26 heavy (non-hydrogen) atoms. The minimum absolute atomic E-state index is 0.121. The predicted molar refractivity (Wildman–Crippen MR) is 94.0 cm³/mol. The van der Waals surface area contributed by atoms with E-state index >= 15 is 0 Å². The van der Waals surface area contributed by atoms with Gasteiger partial charge in [0.25, 0.3) is 5.91 Å². The molecule has 0 bridgehead atoms. The molecule has 0 radical (unpaired) electrons. The Morgan fingerprint density at radius 3 is 2.54 bits per heavy atom. The van der Waals surface area contributed by atoms with Gasteiger partial charge in [-0.05, 0) is 43.3 Å². The molecule has 0 aliphatic carbocycles. The van der Waals surface area contributed by atoms with Gasteiger partial charge >= 0.3 is 5.97 Å². The van der Waals surface area contributed by atoms with Crippen LogP contribution in [-0.4, -0.2) is 28.8 Å². The van der Waals surface area contributed by atoms with Crippen molar-refractivity contribution in [2.24, 2.45) is 0 Å². The molecule has 0 aliphatic rings. The van der Waals surface area contributed by atoms with Gasteiger partial charge in [0, 0.05) is 5.69 Å². The first-order chi connectivity index (χ1) is 12.5. The maximum Gasteiger partial charge on any atom is 0.337 e. The highest BCUT2D eigenvalue weighted by Gasteiger charge is 2.16. The van der Waals surface area contributed by atoms with Crippen LogP contribution in [0.3, 0.4) is 0 Å². The molecule has 0 aliphatic heterocycles. The van der Waals surface area contributed by atoms with Crippen LogP contribution in [-0.2, 0) is 4.74 Å². The Labute approximate surface area is 149 Å². The zero-order valence-electron chi connectivity index (χ0n) is 14.2. The second-order valence-electron chi connectivity index (χ2n) is 5.56. The Morgan fingerprint density at radius 1 is 1.12 bits per heavy atom. The van der Waals surface area contributed by atoms with E-state index < -0.39 is 17.7 Å². The molecule has 2 aromatic carbocycles. The molecule has 1 amide bonds. The van der Waals surface area contributed by atoms with E-state index in [4.69, 9.17) is 0 Å². The molecule has 0 spiro atoms. The van der Waals surface area contributed by atoms with Crippen LogP contribution < -0.4 is 5.32 Å². The molecule has 1 aromatic heterocycles. The fourth-order valence-corrected chi connectivity index (χ4v) is 2.47. The lowest BCUT2D eigenvalue weighted by molar-refractivity contribution is 0.0600. The fraction of sp³-hybridized carbons (Fsp3) is 0.105. The number of nitrogens with one attached hydrogen (secondary N) is 1. The topological polar surface area (TPSA) is 73.2 Å². The Hall–Kier alpha value is -3.48. The SMILES string of the molecule is COC(=O)c1ccc(F)c(NC(=O)c2cc(C)n(-c3ccccc3)n2)c1. The summed E-state index contributed by atoms with van der Waals surface area (Å²) in [5.74, 6) is -1.86. The number of rotatable bonds is 4. The van der Waals surface area contributed by atoms with Crippen molar-refractivity contribution < 1.29 is 18.7 Å². The molecule has 132 valence electrons. The maximum absolute atomic E-state index is 14.0. The summed E-state index contributed by atoms with van der Waals surface area (Å²) < 4.78 is 20.2. The zero-order chi connectivity index (χ0) is 18.7. The molecule has 1 N–H and O–H groups in total. The van der Waals surface area contributed by atoms with Gasteiger partial charge in [0.15, 0.2) is 5.69 Å². The standard InChI is InChI=1S/C19H16FN3O3/c1-12-10-17(22-23(12)14-6-4-3-5-7-14)18(24)21-16-11-13(19(25)26-2)8-9-15(16)20/h3-11H,1-2H3,(H,21,24). The van der Waals surface area contributed by atoms with E-state index in [1.54, 1.807) is 10.7 Å². The second-order valence-corrected chi connectivity index (χ2v) is 5.56. The van der Waals surface area contributed by atoms with E-state index in [0.717, 1.165) is 17.4 Å². The molecule has 0 fully saturated rings. The summed E-state index contributed by atoms with van der Waals surface area (Å²) in [7, 11) is 1.23. The monoisotopic (exact) mass is 353 g/mol. The van der Waals surface area contributed by atoms with E-state index in [1.807, 2.05) is 37.3 Å². The summed E-state index contributed by atoms with van der Waals surface area (Å²) in [6.07, 6.45) is 0. The first-order valence-corrected chi connectivity index (χ1v) is 7.81. The number of aryl methyl sites for hydroxylation is 1. The quantitative estimate of drug-likeness (QED) is 0.730. The molecule has 1 heterocycles. The molecule has 0 saturated carbocycles. The van der Waals surface area contributed by atoms with Gasteiger partial charge in [-0.1, -0.05) is 18.2 Å². The molecule has 7 heteroatoms. The van der Waals surface area contributed by atoms with E-state index in [2.05, 4.69) is 15.2 Å². The molecule has 6 nitrogen and oxygen atoms in total. The number of amides is 1. The van der Waals surface area contributed by atoms with Gasteiger partial charge in [-0.3, -0.25) is 4.79 Å². The van der Waals surface area contributed by atoms with Gasteiger partial charge in [0.1, 0.15) is 5.82 Å². The summed E-state index contributed by atoms with van der Waals surface area (Å²) >= 11 is 0. The summed E-state index contributed by atoms with van der Waals surface area (Å²) in [6, 6.07) is 14.5. The van der Waals surface area contributed by atoms with Crippen LogP contribution in [0.2, 0.25) is 0 Å². The molecule has 3 aromatic rings. The number of esters is 1. The third kappa shape index (κ3) is 3.46. The van der Waals surface area contributed by atoms with Crippen molar-refractivity contribution in [1.82, 2.24) is 9.78 Å². The van der Waals surface area contributed by atoms with Crippen LogP contribution in [0.4, 0.5) is 10.1 Å². The van der Waals surface area contributed by atoms with Crippen LogP contribution in [0.25, 0.3) is 5.69 Å². The summed E-state index contributed by atoms with van der Waals surface area (Å²) in [5.41, 5.74) is 1.71. The molecule has 0 atom stereocenters. The predicted octanol–water partition coefficient (Wildman–Crippen LogP) is 3.36. The summed E-state index contributed by atoms with van der Waals surface area (Å²) in [5, 5.41) is 6.71.